The maximum atomic E-state index is 13.2. The summed E-state index contributed by atoms with van der Waals surface area (Å²) in [7, 11) is 0. The maximum absolute atomic E-state index is 13.2. The number of carbonyl (C=O) groups excluding carboxylic acids is 1. The summed E-state index contributed by atoms with van der Waals surface area (Å²) in [6, 6.07) is -0.876. The molecule has 0 aromatic heterocycles. The molecule has 17 atom stereocenters. The average Bonchev–Trinajstić information content (AvgIpc) is 3.32. The number of carbonyl (C=O) groups is 1. The molecule has 0 saturated carbocycles. The average molecular weight is 970 g/mol. The van der Waals surface area contributed by atoms with Gasteiger partial charge in [0.25, 0.3) is 0 Å². The highest BCUT2D eigenvalue weighted by Gasteiger charge is 2.53. The number of nitrogens with one attached hydrogen (secondary N) is 1. The predicted molar refractivity (Wildman–Crippen MR) is 245 cm³/mol. The third kappa shape index (κ3) is 20.4. The topological polar surface area (TPSA) is 307 Å². The van der Waals surface area contributed by atoms with Gasteiger partial charge in [0, 0.05) is 6.42 Å². The molecule has 0 bridgehead atoms. The molecule has 3 aliphatic heterocycles. The molecule has 3 fully saturated rings. The van der Waals surface area contributed by atoms with Crippen molar-refractivity contribution in [2.24, 2.45) is 0 Å². The lowest BCUT2D eigenvalue weighted by atomic mass is 9.96. The third-order valence-corrected chi connectivity index (χ3v) is 13.4. The second kappa shape index (κ2) is 34.2. The van der Waals surface area contributed by atoms with Crippen LogP contribution in [0, 0.1) is 0 Å². The lowest BCUT2D eigenvalue weighted by Gasteiger charge is -2.48. The van der Waals surface area contributed by atoms with Gasteiger partial charge < -0.3 is 89.9 Å². The number of unbranched alkanes of at least 4 members (excludes halogenated alkanes) is 20. The van der Waals surface area contributed by atoms with Crippen LogP contribution in [-0.4, -0.2) is 193 Å². The lowest BCUT2D eigenvalue weighted by molar-refractivity contribution is -0.379. The summed E-state index contributed by atoms with van der Waals surface area (Å²) in [6.07, 6.45) is -0.410. The van der Waals surface area contributed by atoms with Gasteiger partial charge in [0.15, 0.2) is 18.9 Å². The summed E-state index contributed by atoms with van der Waals surface area (Å²) < 4.78 is 34.1. The molecule has 0 aliphatic carbocycles. The molecule has 0 spiro atoms. The van der Waals surface area contributed by atoms with Crippen LogP contribution in [0.3, 0.4) is 0 Å². The van der Waals surface area contributed by atoms with Gasteiger partial charge in [-0.1, -0.05) is 149 Å². The number of aliphatic hydroxyl groups excluding tert-OH is 11. The van der Waals surface area contributed by atoms with Crippen LogP contribution in [0.2, 0.25) is 0 Å². The van der Waals surface area contributed by atoms with E-state index in [-0.39, 0.29) is 18.9 Å². The quantitative estimate of drug-likeness (QED) is 0.0398. The van der Waals surface area contributed by atoms with Crippen LogP contribution in [0.4, 0.5) is 0 Å². The molecule has 12 N–H and O–H groups in total. The molecular weight excluding hydrogens is 879 g/mol. The van der Waals surface area contributed by atoms with E-state index in [1.165, 1.54) is 77.0 Å². The van der Waals surface area contributed by atoms with Crippen molar-refractivity contribution in [3.8, 4) is 0 Å². The number of rotatable bonds is 36. The highest BCUT2D eigenvalue weighted by atomic mass is 16.8. The first-order valence-corrected chi connectivity index (χ1v) is 25.8. The van der Waals surface area contributed by atoms with Crippen LogP contribution in [-0.2, 0) is 33.2 Å². The summed E-state index contributed by atoms with van der Waals surface area (Å²) in [4.78, 5) is 13.2. The monoisotopic (exact) mass is 970 g/mol. The Bertz CT molecular complexity index is 1250. The van der Waals surface area contributed by atoms with Crippen molar-refractivity contribution < 1.29 is 89.4 Å². The normalized spacial score (nSPS) is 33.4. The van der Waals surface area contributed by atoms with E-state index < -0.39 is 124 Å². The summed E-state index contributed by atoms with van der Waals surface area (Å²) in [5.74, 6) is -0.246. The molecule has 19 nitrogen and oxygen atoms in total. The molecule has 3 saturated heterocycles. The summed E-state index contributed by atoms with van der Waals surface area (Å²) in [6.45, 7) is 1.71. The van der Waals surface area contributed by atoms with Gasteiger partial charge in [-0.15, -0.1) is 0 Å². The Balaban J connectivity index is 1.52. The molecule has 3 heterocycles. The zero-order valence-electron chi connectivity index (χ0n) is 40.4. The Labute approximate surface area is 398 Å². The molecule has 67 heavy (non-hydrogen) atoms. The molecule has 1 amide bonds. The van der Waals surface area contributed by atoms with Crippen LogP contribution >= 0.6 is 0 Å². The van der Waals surface area contributed by atoms with Crippen molar-refractivity contribution in [1.82, 2.24) is 5.32 Å². The molecule has 17 unspecified atom stereocenters. The van der Waals surface area contributed by atoms with Gasteiger partial charge >= 0.3 is 0 Å². The number of aliphatic hydroxyl groups is 11. The van der Waals surface area contributed by atoms with E-state index in [1.807, 2.05) is 0 Å². The van der Waals surface area contributed by atoms with E-state index in [2.05, 4.69) is 19.2 Å². The number of amides is 1. The SMILES string of the molecule is CCCCCCCCCCCCCCCCCC(=O)NC(COC1OC(CO)C(OC2OC(CO)C(OC3OC(CO)C(O)C(O)C3O)C(O)C2O)C(O)C1O)C(O)CCCCCCCCC. The molecule has 0 aromatic carbocycles. The molecule has 396 valence electrons. The van der Waals surface area contributed by atoms with Crippen molar-refractivity contribution in [2.45, 2.75) is 272 Å². The van der Waals surface area contributed by atoms with E-state index in [0.717, 1.165) is 57.8 Å². The van der Waals surface area contributed by atoms with Gasteiger partial charge in [0.2, 0.25) is 5.91 Å². The largest absolute Gasteiger partial charge is 0.394 e. The van der Waals surface area contributed by atoms with E-state index in [9.17, 15) is 61.0 Å². The Morgan fingerprint density at radius 1 is 0.478 bits per heavy atom. The minimum absolute atomic E-state index is 0.246. The zero-order valence-corrected chi connectivity index (χ0v) is 40.4. The van der Waals surface area contributed by atoms with E-state index in [4.69, 9.17) is 28.4 Å². The van der Waals surface area contributed by atoms with E-state index in [1.54, 1.807) is 0 Å². The van der Waals surface area contributed by atoms with Crippen LogP contribution in [0.1, 0.15) is 168 Å². The third-order valence-electron chi connectivity index (χ3n) is 13.4. The zero-order chi connectivity index (χ0) is 49.1. The van der Waals surface area contributed by atoms with Gasteiger partial charge in [-0.05, 0) is 12.8 Å². The van der Waals surface area contributed by atoms with E-state index >= 15 is 0 Å². The maximum Gasteiger partial charge on any atom is 0.220 e. The first kappa shape index (κ1) is 60.1. The fraction of sp³-hybridized carbons (Fsp3) is 0.979. The molecule has 0 aromatic rings. The van der Waals surface area contributed by atoms with Crippen LogP contribution in [0.25, 0.3) is 0 Å². The highest BCUT2D eigenvalue weighted by molar-refractivity contribution is 5.76. The van der Waals surface area contributed by atoms with Gasteiger partial charge in [-0.2, -0.15) is 0 Å². The first-order valence-electron chi connectivity index (χ1n) is 25.8. The predicted octanol–water partition coefficient (Wildman–Crippen LogP) is 1.70. The number of hydrogen-bond donors (Lipinski definition) is 12. The van der Waals surface area contributed by atoms with Crippen molar-refractivity contribution in [1.29, 1.82) is 0 Å². The van der Waals surface area contributed by atoms with Gasteiger partial charge in [-0.3, -0.25) is 4.79 Å². The van der Waals surface area contributed by atoms with Crippen molar-refractivity contribution in [2.75, 3.05) is 26.4 Å². The second-order valence-corrected chi connectivity index (χ2v) is 19.0. The Morgan fingerprint density at radius 3 is 1.30 bits per heavy atom. The standard InChI is InChI=1S/C48H91NO18/c1-3-5-7-9-11-12-13-14-15-16-17-18-20-22-24-26-36(54)49-31(32(53)25-23-21-19-10-8-6-4-2)30-62-46-42(60)39(57)44(34(28-51)64-46)67-48-43(61)40(58)45(35(29-52)65-48)66-47-41(59)38(56)37(55)33(27-50)63-47/h31-35,37-48,50-53,55-61H,3-30H2,1-2H3,(H,49,54). The van der Waals surface area contributed by atoms with Crippen molar-refractivity contribution in [3.63, 3.8) is 0 Å². The van der Waals surface area contributed by atoms with Crippen molar-refractivity contribution in [3.05, 3.63) is 0 Å². The summed E-state index contributed by atoms with van der Waals surface area (Å²) in [5.41, 5.74) is 0. The van der Waals surface area contributed by atoms with Crippen LogP contribution in [0.5, 0.6) is 0 Å². The van der Waals surface area contributed by atoms with Gasteiger partial charge in [0.1, 0.15) is 73.2 Å². The van der Waals surface area contributed by atoms with Crippen molar-refractivity contribution >= 4 is 5.91 Å². The Morgan fingerprint density at radius 2 is 0.851 bits per heavy atom. The number of ether oxygens (including phenoxy) is 6. The van der Waals surface area contributed by atoms with Gasteiger partial charge in [-0.25, -0.2) is 0 Å². The molecular formula is C48H91NO18. The fourth-order valence-electron chi connectivity index (χ4n) is 9.08. The van der Waals surface area contributed by atoms with E-state index in [0.29, 0.717) is 12.8 Å². The molecule has 3 aliphatic rings. The minimum Gasteiger partial charge on any atom is -0.394 e. The summed E-state index contributed by atoms with van der Waals surface area (Å²) in [5, 5.41) is 119. The second-order valence-electron chi connectivity index (χ2n) is 19.0. The molecule has 3 rings (SSSR count). The van der Waals surface area contributed by atoms with Crippen LogP contribution < -0.4 is 5.32 Å². The minimum atomic E-state index is -1.97. The smallest absolute Gasteiger partial charge is 0.220 e. The summed E-state index contributed by atoms with van der Waals surface area (Å²) >= 11 is 0. The van der Waals surface area contributed by atoms with Gasteiger partial charge in [0.05, 0.1) is 38.6 Å². The highest BCUT2D eigenvalue weighted by Crippen LogP contribution is 2.33. The van der Waals surface area contributed by atoms with Crippen LogP contribution in [0.15, 0.2) is 0 Å². The first-order chi connectivity index (χ1) is 32.3. The Kier molecular flexibility index (Phi) is 30.7. The molecule has 0 radical (unpaired) electrons. The Hall–Kier alpha value is -1.21. The fourth-order valence-corrected chi connectivity index (χ4v) is 9.08. The lowest BCUT2D eigenvalue weighted by Crippen LogP contribution is -2.66. The molecule has 19 heteroatoms. The number of hydrogen-bond acceptors (Lipinski definition) is 18.